The Bertz CT molecular complexity index is 645. The summed E-state index contributed by atoms with van der Waals surface area (Å²) in [5, 5.41) is 0. The quantitative estimate of drug-likeness (QED) is 0.593. The van der Waals surface area contributed by atoms with Crippen molar-refractivity contribution in [3.63, 3.8) is 0 Å². The molecule has 1 atom stereocenters. The Morgan fingerprint density at radius 3 is 2.50 bits per heavy atom. The third-order valence-corrected chi connectivity index (χ3v) is 3.60. The second-order valence-electron chi connectivity index (χ2n) is 4.71. The van der Waals surface area contributed by atoms with Gasteiger partial charge in [0.05, 0.1) is 11.7 Å². The maximum atomic E-state index is 12.6. The minimum absolute atomic E-state index is 0.0168. The molecule has 1 amide bonds. The molecule has 1 aromatic rings. The van der Waals surface area contributed by atoms with Crippen LogP contribution in [0.2, 0.25) is 0 Å². The zero-order chi connectivity index (χ0) is 14.7. The van der Waals surface area contributed by atoms with Gasteiger partial charge in [0, 0.05) is 11.1 Å². The van der Waals surface area contributed by atoms with Gasteiger partial charge in [-0.05, 0) is 32.4 Å². The largest absolute Gasteiger partial charge is 0.294 e. The summed E-state index contributed by atoms with van der Waals surface area (Å²) < 4.78 is 0. The Labute approximate surface area is 120 Å². The van der Waals surface area contributed by atoms with E-state index in [1.807, 2.05) is 63.3 Å². The lowest BCUT2D eigenvalue weighted by Gasteiger charge is -2.26. The Hall–Kier alpha value is -2.31. The Morgan fingerprint density at radius 1 is 1.30 bits per heavy atom. The summed E-state index contributed by atoms with van der Waals surface area (Å²) in [6, 6.07) is 7.57. The van der Waals surface area contributed by atoms with Gasteiger partial charge in [0.15, 0.2) is 0 Å². The van der Waals surface area contributed by atoms with Crippen molar-refractivity contribution in [3.05, 3.63) is 71.5 Å². The van der Waals surface area contributed by atoms with Crippen molar-refractivity contribution in [1.82, 2.24) is 4.90 Å². The van der Waals surface area contributed by atoms with E-state index in [2.05, 4.69) is 12.3 Å². The third kappa shape index (κ3) is 2.15. The van der Waals surface area contributed by atoms with Crippen LogP contribution in [0.5, 0.6) is 0 Å². The minimum atomic E-state index is -0.0413. The minimum Gasteiger partial charge on any atom is -0.294 e. The van der Waals surface area contributed by atoms with Gasteiger partial charge >= 0.3 is 0 Å². The number of fused-ring (bicyclic) bond motifs is 1. The van der Waals surface area contributed by atoms with E-state index in [1.165, 1.54) is 0 Å². The van der Waals surface area contributed by atoms with Crippen LogP contribution >= 0.6 is 0 Å². The number of allylic oxidation sites excluding steroid dienone is 2. The number of benzene rings is 1. The van der Waals surface area contributed by atoms with Gasteiger partial charge < -0.3 is 0 Å². The summed E-state index contributed by atoms with van der Waals surface area (Å²) >= 11 is 0. The molecular weight excluding hydrogens is 246 g/mol. The van der Waals surface area contributed by atoms with Crippen molar-refractivity contribution in [1.29, 1.82) is 0 Å². The number of carbonyl (C=O) groups excluding carboxylic acids is 1. The lowest BCUT2D eigenvalue weighted by molar-refractivity contribution is 0.0828. The van der Waals surface area contributed by atoms with Gasteiger partial charge in [-0.1, -0.05) is 43.0 Å². The smallest absolute Gasteiger partial charge is 0.260 e. The summed E-state index contributed by atoms with van der Waals surface area (Å²) in [7, 11) is 0. The first-order valence-electron chi connectivity index (χ1n) is 6.77. The maximum absolute atomic E-state index is 12.6. The van der Waals surface area contributed by atoms with Gasteiger partial charge in [0.25, 0.3) is 5.91 Å². The summed E-state index contributed by atoms with van der Waals surface area (Å²) in [6.45, 7) is 9.73. The zero-order valence-corrected chi connectivity index (χ0v) is 12.2. The summed E-state index contributed by atoms with van der Waals surface area (Å²) in [4.78, 5) is 14.4. The molecule has 0 fully saturated rings. The fraction of sp³-hybridized carbons (Fsp3) is 0.222. The average Bonchev–Trinajstić information content (AvgIpc) is 2.77. The van der Waals surface area contributed by atoms with Gasteiger partial charge in [0.2, 0.25) is 0 Å². The van der Waals surface area contributed by atoms with Crippen LogP contribution in [0.25, 0.3) is 5.70 Å². The van der Waals surface area contributed by atoms with E-state index in [-0.39, 0.29) is 11.9 Å². The molecule has 0 spiro atoms. The normalized spacial score (nSPS) is 16.6. The lowest BCUT2D eigenvalue weighted by atomic mass is 10.1. The van der Waals surface area contributed by atoms with Crippen LogP contribution in [0, 0.1) is 0 Å². The predicted molar refractivity (Wildman–Crippen MR) is 83.2 cm³/mol. The molecule has 0 aliphatic carbocycles. The van der Waals surface area contributed by atoms with E-state index >= 15 is 0 Å². The summed E-state index contributed by atoms with van der Waals surface area (Å²) in [6.07, 6.45) is 6.04. The maximum Gasteiger partial charge on any atom is 0.260 e. The van der Waals surface area contributed by atoms with E-state index in [9.17, 15) is 4.79 Å². The lowest BCUT2D eigenvalue weighted by Crippen LogP contribution is -2.33. The molecule has 1 unspecified atom stereocenters. The molecule has 102 valence electrons. The molecule has 0 aromatic heterocycles. The average molecular weight is 265 g/mol. The Kier molecular flexibility index (Phi) is 4.07. The fourth-order valence-corrected chi connectivity index (χ4v) is 2.61. The SMILES string of the molecule is C=C=C1c2ccccc2C(=O)N1C(C)C(=C\C)/C=C/C. The van der Waals surface area contributed by atoms with Crippen molar-refractivity contribution < 1.29 is 4.79 Å². The summed E-state index contributed by atoms with van der Waals surface area (Å²) in [5.74, 6) is 0.0168. The highest BCUT2D eigenvalue weighted by molar-refractivity contribution is 6.09. The van der Waals surface area contributed by atoms with Gasteiger partial charge in [-0.25, -0.2) is 0 Å². The topological polar surface area (TPSA) is 20.3 Å². The van der Waals surface area contributed by atoms with E-state index in [4.69, 9.17) is 0 Å². The molecule has 0 saturated carbocycles. The molecule has 2 nitrogen and oxygen atoms in total. The van der Waals surface area contributed by atoms with Crippen LogP contribution in [-0.2, 0) is 0 Å². The highest BCUT2D eigenvalue weighted by atomic mass is 16.2. The van der Waals surface area contributed by atoms with E-state index in [0.717, 1.165) is 22.4 Å². The molecule has 1 heterocycles. The molecule has 20 heavy (non-hydrogen) atoms. The second kappa shape index (κ2) is 5.77. The number of hydrogen-bond donors (Lipinski definition) is 0. The van der Waals surface area contributed by atoms with Crippen LogP contribution < -0.4 is 0 Å². The first-order chi connectivity index (χ1) is 9.65. The van der Waals surface area contributed by atoms with Crippen LogP contribution in [0.3, 0.4) is 0 Å². The molecule has 2 heteroatoms. The van der Waals surface area contributed by atoms with Crippen LogP contribution in [0.4, 0.5) is 0 Å². The van der Waals surface area contributed by atoms with E-state index in [0.29, 0.717) is 0 Å². The third-order valence-electron chi connectivity index (χ3n) is 3.60. The van der Waals surface area contributed by atoms with Gasteiger partial charge in [-0.3, -0.25) is 9.69 Å². The zero-order valence-electron chi connectivity index (χ0n) is 12.2. The number of amides is 1. The molecule has 0 N–H and O–H groups in total. The molecule has 1 aliphatic rings. The second-order valence-corrected chi connectivity index (χ2v) is 4.71. The predicted octanol–water partition coefficient (Wildman–Crippen LogP) is 4.18. The first kappa shape index (κ1) is 14.1. The van der Waals surface area contributed by atoms with Gasteiger partial charge in [-0.2, -0.15) is 0 Å². The molecule has 1 aromatic carbocycles. The van der Waals surface area contributed by atoms with Crippen LogP contribution in [0.15, 0.2) is 60.4 Å². The number of rotatable bonds is 3. The van der Waals surface area contributed by atoms with Gasteiger partial charge in [-0.15, -0.1) is 5.73 Å². The van der Waals surface area contributed by atoms with Crippen LogP contribution in [0.1, 0.15) is 36.7 Å². The highest BCUT2D eigenvalue weighted by Gasteiger charge is 2.35. The van der Waals surface area contributed by atoms with E-state index < -0.39 is 0 Å². The molecule has 1 aliphatic heterocycles. The molecule has 2 rings (SSSR count). The monoisotopic (exact) mass is 265 g/mol. The van der Waals surface area contributed by atoms with Crippen molar-refractivity contribution in [3.8, 4) is 0 Å². The molecule has 0 bridgehead atoms. The Morgan fingerprint density at radius 2 is 1.95 bits per heavy atom. The first-order valence-corrected chi connectivity index (χ1v) is 6.77. The van der Waals surface area contributed by atoms with Gasteiger partial charge in [0.1, 0.15) is 0 Å². The fourth-order valence-electron chi connectivity index (χ4n) is 2.61. The van der Waals surface area contributed by atoms with Crippen molar-refractivity contribution in [2.75, 3.05) is 0 Å². The van der Waals surface area contributed by atoms with Crippen molar-refractivity contribution >= 4 is 11.6 Å². The van der Waals surface area contributed by atoms with Crippen LogP contribution in [-0.4, -0.2) is 16.8 Å². The number of carbonyl (C=O) groups is 1. The van der Waals surface area contributed by atoms with Crippen molar-refractivity contribution in [2.45, 2.75) is 26.8 Å². The molecule has 0 radical (unpaired) electrons. The van der Waals surface area contributed by atoms with Crippen molar-refractivity contribution in [2.24, 2.45) is 0 Å². The number of nitrogens with zero attached hydrogens (tertiary/aromatic N) is 1. The summed E-state index contributed by atoms with van der Waals surface area (Å²) in [5.41, 5.74) is 6.42. The molecule has 0 saturated heterocycles. The standard InChI is InChI=1S/C18H19NO/c1-5-10-14(6-2)13(4)19-17(7-3)15-11-8-9-12-16(15)18(19)20/h5-6,8-13H,3H2,1-2,4H3/b10-5+,14-6-. The van der Waals surface area contributed by atoms with E-state index in [1.54, 1.807) is 4.90 Å². The molecular formula is C18H19NO. The number of hydrogen-bond acceptors (Lipinski definition) is 1. The highest BCUT2D eigenvalue weighted by Crippen LogP contribution is 2.35. The Balaban J connectivity index is 2.50.